The molecule has 1 aromatic carbocycles. The van der Waals surface area contributed by atoms with E-state index in [1.165, 1.54) is 24.3 Å². The molecule has 0 radical (unpaired) electrons. The SMILES string of the molecule is CC(C)C(C)(CNC(=O)OC(C)(C)C)NC(=O)/C=C/c1cccc([N+](=O)[O-])c1. The number of amides is 2. The van der Waals surface area contributed by atoms with Crippen molar-refractivity contribution in [1.82, 2.24) is 10.6 Å². The van der Waals surface area contributed by atoms with Crippen molar-refractivity contribution in [2.75, 3.05) is 6.54 Å². The lowest BCUT2D eigenvalue weighted by Crippen LogP contribution is -2.56. The van der Waals surface area contributed by atoms with E-state index in [9.17, 15) is 19.7 Å². The third kappa shape index (κ3) is 7.77. The van der Waals surface area contributed by atoms with Crippen LogP contribution in [0.15, 0.2) is 30.3 Å². The molecule has 1 rings (SSSR count). The van der Waals surface area contributed by atoms with E-state index in [-0.39, 0.29) is 24.1 Å². The molecule has 0 heterocycles. The summed E-state index contributed by atoms with van der Waals surface area (Å²) in [5.74, 6) is -0.341. The normalized spacial score (nSPS) is 13.8. The number of alkyl carbamates (subject to hydrolysis) is 1. The number of rotatable bonds is 7. The van der Waals surface area contributed by atoms with Crippen LogP contribution in [0, 0.1) is 16.0 Å². The van der Waals surface area contributed by atoms with Crippen LogP contribution in [0.4, 0.5) is 10.5 Å². The second-order valence-corrected chi connectivity index (χ2v) is 8.10. The summed E-state index contributed by atoms with van der Waals surface area (Å²) < 4.78 is 5.22. The van der Waals surface area contributed by atoms with Gasteiger partial charge in [0.15, 0.2) is 0 Å². The van der Waals surface area contributed by atoms with Crippen molar-refractivity contribution >= 4 is 23.8 Å². The number of carbonyl (C=O) groups is 2. The quantitative estimate of drug-likeness (QED) is 0.419. The Kier molecular flexibility index (Phi) is 7.72. The van der Waals surface area contributed by atoms with Crippen molar-refractivity contribution in [1.29, 1.82) is 0 Å². The van der Waals surface area contributed by atoms with Crippen LogP contribution in [0.3, 0.4) is 0 Å². The van der Waals surface area contributed by atoms with Crippen LogP contribution in [0.2, 0.25) is 0 Å². The largest absolute Gasteiger partial charge is 0.444 e. The van der Waals surface area contributed by atoms with Gasteiger partial charge in [0.25, 0.3) is 5.69 Å². The number of ether oxygens (including phenoxy) is 1. The van der Waals surface area contributed by atoms with Crippen LogP contribution in [-0.2, 0) is 9.53 Å². The van der Waals surface area contributed by atoms with Gasteiger partial charge in [-0.1, -0.05) is 26.0 Å². The molecule has 0 spiro atoms. The smallest absolute Gasteiger partial charge is 0.407 e. The molecule has 0 bridgehead atoms. The zero-order chi connectivity index (χ0) is 21.5. The third-order valence-electron chi connectivity index (χ3n) is 4.19. The summed E-state index contributed by atoms with van der Waals surface area (Å²) >= 11 is 0. The summed E-state index contributed by atoms with van der Waals surface area (Å²) in [7, 11) is 0. The van der Waals surface area contributed by atoms with Gasteiger partial charge in [-0.05, 0) is 45.3 Å². The Morgan fingerprint density at radius 3 is 2.43 bits per heavy atom. The molecule has 1 aromatic rings. The number of nitrogens with one attached hydrogen (secondary N) is 2. The molecule has 0 saturated heterocycles. The maximum absolute atomic E-state index is 12.4. The zero-order valence-corrected chi connectivity index (χ0v) is 17.2. The molecule has 28 heavy (non-hydrogen) atoms. The summed E-state index contributed by atoms with van der Waals surface area (Å²) in [4.78, 5) is 34.6. The summed E-state index contributed by atoms with van der Waals surface area (Å²) in [5.41, 5.74) is -0.817. The van der Waals surface area contributed by atoms with Gasteiger partial charge in [0.1, 0.15) is 5.60 Å². The number of carbonyl (C=O) groups excluding carboxylic acids is 2. The van der Waals surface area contributed by atoms with E-state index in [2.05, 4.69) is 10.6 Å². The standard InChI is InChI=1S/C20H29N3O5/c1-14(2)20(6,13-21-18(25)28-19(3,4)5)22-17(24)11-10-15-8-7-9-16(12-15)23(26)27/h7-12,14H,13H2,1-6H3,(H,21,25)(H,22,24)/b11-10+. The molecular formula is C20H29N3O5. The Morgan fingerprint density at radius 1 is 1.25 bits per heavy atom. The highest BCUT2D eigenvalue weighted by Crippen LogP contribution is 2.17. The number of non-ortho nitro benzene ring substituents is 1. The highest BCUT2D eigenvalue weighted by atomic mass is 16.6. The Hall–Kier alpha value is -2.90. The minimum Gasteiger partial charge on any atom is -0.444 e. The number of hydrogen-bond donors (Lipinski definition) is 2. The van der Waals surface area contributed by atoms with Crippen molar-refractivity contribution in [2.24, 2.45) is 5.92 Å². The molecule has 0 saturated carbocycles. The van der Waals surface area contributed by atoms with Gasteiger partial charge in [0, 0.05) is 24.8 Å². The lowest BCUT2D eigenvalue weighted by Gasteiger charge is -2.35. The van der Waals surface area contributed by atoms with Gasteiger partial charge in [-0.15, -0.1) is 0 Å². The fourth-order valence-electron chi connectivity index (χ4n) is 2.20. The molecule has 0 aromatic heterocycles. The summed E-state index contributed by atoms with van der Waals surface area (Å²) in [6, 6.07) is 5.99. The molecular weight excluding hydrogens is 362 g/mol. The van der Waals surface area contributed by atoms with Gasteiger partial charge in [-0.2, -0.15) is 0 Å². The van der Waals surface area contributed by atoms with Crippen LogP contribution in [0.1, 0.15) is 47.1 Å². The van der Waals surface area contributed by atoms with E-state index in [1.54, 1.807) is 32.9 Å². The Labute approximate surface area is 165 Å². The number of nitrogens with zero attached hydrogens (tertiary/aromatic N) is 1. The molecule has 0 aliphatic heterocycles. The molecule has 2 N–H and O–H groups in total. The predicted octanol–water partition coefficient (Wildman–Crippen LogP) is 3.66. The summed E-state index contributed by atoms with van der Waals surface area (Å²) in [6.07, 6.45) is 2.26. The number of nitro groups is 1. The van der Waals surface area contributed by atoms with Crippen molar-refractivity contribution < 1.29 is 19.2 Å². The molecule has 0 aliphatic rings. The van der Waals surface area contributed by atoms with Crippen molar-refractivity contribution in [3.05, 3.63) is 46.0 Å². The van der Waals surface area contributed by atoms with Gasteiger partial charge in [0.2, 0.25) is 5.91 Å². The highest BCUT2D eigenvalue weighted by Gasteiger charge is 2.31. The Bertz CT molecular complexity index is 752. The molecule has 1 atom stereocenters. The van der Waals surface area contributed by atoms with Gasteiger partial charge >= 0.3 is 6.09 Å². The molecule has 8 nitrogen and oxygen atoms in total. The maximum Gasteiger partial charge on any atom is 0.407 e. The second kappa shape index (κ2) is 9.34. The van der Waals surface area contributed by atoms with Gasteiger partial charge in [-0.3, -0.25) is 14.9 Å². The molecule has 2 amide bonds. The predicted molar refractivity (Wildman–Crippen MR) is 108 cm³/mol. The van der Waals surface area contributed by atoms with E-state index < -0.39 is 22.2 Å². The van der Waals surface area contributed by atoms with E-state index >= 15 is 0 Å². The van der Waals surface area contributed by atoms with Crippen LogP contribution in [0.5, 0.6) is 0 Å². The van der Waals surface area contributed by atoms with Crippen LogP contribution >= 0.6 is 0 Å². The van der Waals surface area contributed by atoms with E-state index in [4.69, 9.17) is 4.74 Å². The number of hydrogen-bond acceptors (Lipinski definition) is 5. The molecule has 8 heteroatoms. The second-order valence-electron chi connectivity index (χ2n) is 8.10. The molecule has 0 aliphatic carbocycles. The Morgan fingerprint density at radius 2 is 1.89 bits per heavy atom. The lowest BCUT2D eigenvalue weighted by atomic mass is 9.88. The van der Waals surface area contributed by atoms with Crippen molar-refractivity contribution in [3.8, 4) is 0 Å². The Balaban J connectivity index is 2.77. The van der Waals surface area contributed by atoms with Crippen LogP contribution in [-0.4, -0.2) is 34.6 Å². The summed E-state index contributed by atoms with van der Waals surface area (Å²) in [5, 5.41) is 16.4. The zero-order valence-electron chi connectivity index (χ0n) is 17.2. The highest BCUT2D eigenvalue weighted by molar-refractivity contribution is 5.92. The average molecular weight is 391 g/mol. The minimum absolute atomic E-state index is 0.0256. The first kappa shape index (κ1) is 23.1. The van der Waals surface area contributed by atoms with E-state index in [0.717, 1.165) is 0 Å². The fraction of sp³-hybridized carbons (Fsp3) is 0.500. The monoisotopic (exact) mass is 391 g/mol. The summed E-state index contributed by atoms with van der Waals surface area (Å²) in [6.45, 7) is 11.2. The van der Waals surface area contributed by atoms with E-state index in [0.29, 0.717) is 5.56 Å². The van der Waals surface area contributed by atoms with Crippen LogP contribution in [0.25, 0.3) is 6.08 Å². The fourth-order valence-corrected chi connectivity index (χ4v) is 2.20. The van der Waals surface area contributed by atoms with Gasteiger partial charge in [-0.25, -0.2) is 4.79 Å². The molecule has 1 unspecified atom stereocenters. The third-order valence-corrected chi connectivity index (χ3v) is 4.19. The van der Waals surface area contributed by atoms with E-state index in [1.807, 2.05) is 20.8 Å². The maximum atomic E-state index is 12.4. The average Bonchev–Trinajstić information content (AvgIpc) is 2.57. The topological polar surface area (TPSA) is 111 Å². The van der Waals surface area contributed by atoms with Gasteiger partial charge < -0.3 is 15.4 Å². The van der Waals surface area contributed by atoms with Crippen molar-refractivity contribution in [2.45, 2.75) is 52.7 Å². The number of nitro benzene ring substituents is 1. The van der Waals surface area contributed by atoms with Crippen molar-refractivity contribution in [3.63, 3.8) is 0 Å². The number of benzene rings is 1. The minimum atomic E-state index is -0.707. The lowest BCUT2D eigenvalue weighted by molar-refractivity contribution is -0.384. The molecule has 0 fully saturated rings. The molecule has 154 valence electrons. The van der Waals surface area contributed by atoms with Crippen LogP contribution < -0.4 is 10.6 Å². The first-order valence-corrected chi connectivity index (χ1v) is 9.04. The first-order chi connectivity index (χ1) is 12.8. The first-order valence-electron chi connectivity index (χ1n) is 9.04. The van der Waals surface area contributed by atoms with Gasteiger partial charge in [0.05, 0.1) is 10.5 Å².